The van der Waals surface area contributed by atoms with E-state index in [9.17, 15) is 0 Å². The summed E-state index contributed by atoms with van der Waals surface area (Å²) in [5.74, 6) is 3.40. The first-order chi connectivity index (χ1) is 8.34. The molecule has 0 bridgehead atoms. The van der Waals surface area contributed by atoms with E-state index < -0.39 is 0 Å². The van der Waals surface area contributed by atoms with Crippen molar-refractivity contribution in [1.82, 2.24) is 9.97 Å². The van der Waals surface area contributed by atoms with Crippen LogP contribution in [0.15, 0.2) is 11.4 Å². The third kappa shape index (κ3) is 2.37. The van der Waals surface area contributed by atoms with Crippen molar-refractivity contribution in [3.05, 3.63) is 16.7 Å². The molecule has 1 aliphatic rings. The highest BCUT2D eigenvalue weighted by Crippen LogP contribution is 2.30. The minimum atomic E-state index is 0.354. The molecular weight excluding hydrogens is 274 g/mol. The molecule has 2 aromatic heterocycles. The average Bonchev–Trinajstić information content (AvgIpc) is 2.62. The Hall–Kier alpha value is -0.520. The number of anilines is 1. The van der Waals surface area contributed by atoms with Crippen molar-refractivity contribution in [3.63, 3.8) is 0 Å². The number of hydrogen-bond donors (Lipinski definition) is 0. The SMILES string of the molecule is Clc1nc(N2CCCSCC2)c2ccsc2n1. The summed E-state index contributed by atoms with van der Waals surface area (Å²) >= 11 is 9.62. The highest BCUT2D eigenvalue weighted by atomic mass is 35.5. The molecule has 2 aromatic rings. The predicted octanol–water partition coefficient (Wildman–Crippen LogP) is 3.29. The van der Waals surface area contributed by atoms with Gasteiger partial charge in [-0.2, -0.15) is 16.7 Å². The minimum absolute atomic E-state index is 0.354. The fourth-order valence-corrected chi connectivity index (χ4v) is 3.87. The second-order valence-corrected chi connectivity index (χ2v) is 6.37. The zero-order valence-corrected chi connectivity index (χ0v) is 11.6. The monoisotopic (exact) mass is 285 g/mol. The summed E-state index contributed by atoms with van der Waals surface area (Å²) in [6.45, 7) is 2.11. The van der Waals surface area contributed by atoms with Crippen LogP contribution in [0.5, 0.6) is 0 Å². The molecule has 0 unspecified atom stereocenters. The fraction of sp³-hybridized carbons (Fsp3) is 0.455. The van der Waals surface area contributed by atoms with Crippen LogP contribution in [-0.4, -0.2) is 34.6 Å². The van der Waals surface area contributed by atoms with Gasteiger partial charge in [-0.15, -0.1) is 11.3 Å². The van der Waals surface area contributed by atoms with Crippen molar-refractivity contribution in [2.75, 3.05) is 29.5 Å². The van der Waals surface area contributed by atoms with E-state index in [2.05, 4.69) is 20.9 Å². The van der Waals surface area contributed by atoms with E-state index in [0.717, 1.165) is 34.9 Å². The number of halogens is 1. The number of nitrogens with zero attached hydrogens (tertiary/aromatic N) is 3. The summed E-state index contributed by atoms with van der Waals surface area (Å²) in [7, 11) is 0. The molecule has 0 aliphatic carbocycles. The zero-order valence-electron chi connectivity index (χ0n) is 9.23. The summed E-state index contributed by atoms with van der Waals surface area (Å²) in [5, 5.41) is 3.53. The second-order valence-electron chi connectivity index (χ2n) is 3.91. The molecule has 0 atom stereocenters. The number of thioether (sulfide) groups is 1. The Balaban J connectivity index is 2.05. The maximum absolute atomic E-state index is 5.99. The second kappa shape index (κ2) is 5.00. The van der Waals surface area contributed by atoms with Gasteiger partial charge >= 0.3 is 0 Å². The lowest BCUT2D eigenvalue weighted by atomic mass is 10.3. The first-order valence-electron chi connectivity index (χ1n) is 5.58. The molecule has 3 heterocycles. The van der Waals surface area contributed by atoms with Gasteiger partial charge < -0.3 is 4.90 Å². The van der Waals surface area contributed by atoms with Crippen LogP contribution >= 0.6 is 34.7 Å². The third-order valence-electron chi connectivity index (χ3n) is 2.80. The Bertz CT molecular complexity index is 520. The van der Waals surface area contributed by atoms with Crippen LogP contribution in [-0.2, 0) is 0 Å². The van der Waals surface area contributed by atoms with Crippen LogP contribution in [0.1, 0.15) is 6.42 Å². The third-order valence-corrected chi connectivity index (χ3v) is 4.82. The molecule has 0 spiro atoms. The lowest BCUT2D eigenvalue weighted by Gasteiger charge is -2.21. The number of rotatable bonds is 1. The van der Waals surface area contributed by atoms with Gasteiger partial charge in [-0.1, -0.05) is 0 Å². The standard InChI is InChI=1S/C11H12ClN3S2/c12-11-13-9(8-2-6-17-10(8)14-11)15-3-1-5-16-7-4-15/h2,6H,1,3-5,7H2. The molecule has 0 N–H and O–H groups in total. The van der Waals surface area contributed by atoms with Gasteiger partial charge in [0.05, 0.1) is 5.39 Å². The van der Waals surface area contributed by atoms with Gasteiger partial charge in [0.25, 0.3) is 0 Å². The smallest absolute Gasteiger partial charge is 0.225 e. The molecule has 0 aromatic carbocycles. The molecule has 3 rings (SSSR count). The van der Waals surface area contributed by atoms with Gasteiger partial charge in [-0.05, 0) is 35.2 Å². The molecule has 17 heavy (non-hydrogen) atoms. The maximum atomic E-state index is 5.99. The van der Waals surface area contributed by atoms with Crippen LogP contribution in [0.4, 0.5) is 5.82 Å². The topological polar surface area (TPSA) is 29.0 Å². The van der Waals surface area contributed by atoms with Crippen LogP contribution in [0.2, 0.25) is 5.28 Å². The van der Waals surface area contributed by atoms with Gasteiger partial charge in [-0.25, -0.2) is 4.98 Å². The molecular formula is C11H12ClN3S2. The van der Waals surface area contributed by atoms with Gasteiger partial charge in [0.15, 0.2) is 0 Å². The molecule has 1 fully saturated rings. The predicted molar refractivity (Wildman–Crippen MR) is 76.6 cm³/mol. The van der Waals surface area contributed by atoms with Crippen molar-refractivity contribution in [2.45, 2.75) is 6.42 Å². The molecule has 0 saturated carbocycles. The summed E-state index contributed by atoms with van der Waals surface area (Å²) in [4.78, 5) is 12.0. The zero-order chi connectivity index (χ0) is 11.7. The Morgan fingerprint density at radius 2 is 2.18 bits per heavy atom. The summed E-state index contributed by atoms with van der Waals surface area (Å²) < 4.78 is 0. The van der Waals surface area contributed by atoms with Gasteiger partial charge in [0.1, 0.15) is 10.6 Å². The largest absolute Gasteiger partial charge is 0.355 e. The van der Waals surface area contributed by atoms with Crippen molar-refractivity contribution >= 4 is 50.7 Å². The van der Waals surface area contributed by atoms with Crippen molar-refractivity contribution < 1.29 is 0 Å². The van der Waals surface area contributed by atoms with E-state index in [-0.39, 0.29) is 0 Å². The minimum Gasteiger partial charge on any atom is -0.355 e. The van der Waals surface area contributed by atoms with Crippen LogP contribution in [0.25, 0.3) is 10.2 Å². The number of aromatic nitrogens is 2. The Labute approximate surface area is 113 Å². The van der Waals surface area contributed by atoms with E-state index >= 15 is 0 Å². The molecule has 0 amide bonds. The molecule has 90 valence electrons. The summed E-state index contributed by atoms with van der Waals surface area (Å²) in [5.41, 5.74) is 0. The lowest BCUT2D eigenvalue weighted by Crippen LogP contribution is -2.26. The van der Waals surface area contributed by atoms with Crippen molar-refractivity contribution in [3.8, 4) is 0 Å². The fourth-order valence-electron chi connectivity index (χ4n) is 2.01. The lowest BCUT2D eigenvalue weighted by molar-refractivity contribution is 0.804. The first-order valence-corrected chi connectivity index (χ1v) is 7.99. The Morgan fingerprint density at radius 3 is 3.12 bits per heavy atom. The van der Waals surface area contributed by atoms with Gasteiger partial charge in [0, 0.05) is 18.8 Å². The number of thiophene rings is 1. The highest BCUT2D eigenvalue weighted by molar-refractivity contribution is 7.99. The number of fused-ring (bicyclic) bond motifs is 1. The normalized spacial score (nSPS) is 17.4. The maximum Gasteiger partial charge on any atom is 0.225 e. The Kier molecular flexibility index (Phi) is 3.40. The molecule has 0 radical (unpaired) electrons. The van der Waals surface area contributed by atoms with E-state index in [0.29, 0.717) is 5.28 Å². The van der Waals surface area contributed by atoms with E-state index in [1.165, 1.54) is 12.2 Å². The quantitative estimate of drug-likeness (QED) is 0.752. The van der Waals surface area contributed by atoms with Crippen molar-refractivity contribution in [1.29, 1.82) is 0 Å². The molecule has 1 saturated heterocycles. The first kappa shape index (κ1) is 11.6. The molecule has 1 aliphatic heterocycles. The van der Waals surface area contributed by atoms with Gasteiger partial charge in [-0.3, -0.25) is 0 Å². The van der Waals surface area contributed by atoms with Crippen LogP contribution in [0, 0.1) is 0 Å². The van der Waals surface area contributed by atoms with Crippen molar-refractivity contribution in [2.24, 2.45) is 0 Å². The summed E-state index contributed by atoms with van der Waals surface area (Å²) in [6.07, 6.45) is 1.21. The number of hydrogen-bond acceptors (Lipinski definition) is 5. The van der Waals surface area contributed by atoms with E-state index in [1.807, 2.05) is 17.1 Å². The van der Waals surface area contributed by atoms with Crippen LogP contribution in [0.3, 0.4) is 0 Å². The van der Waals surface area contributed by atoms with E-state index in [4.69, 9.17) is 11.6 Å². The highest BCUT2D eigenvalue weighted by Gasteiger charge is 2.16. The molecule has 3 nitrogen and oxygen atoms in total. The van der Waals surface area contributed by atoms with Crippen LogP contribution < -0.4 is 4.90 Å². The van der Waals surface area contributed by atoms with Gasteiger partial charge in [0.2, 0.25) is 5.28 Å². The Morgan fingerprint density at radius 1 is 1.24 bits per heavy atom. The summed E-state index contributed by atoms with van der Waals surface area (Å²) in [6, 6.07) is 2.09. The molecule has 6 heteroatoms. The average molecular weight is 286 g/mol. The van der Waals surface area contributed by atoms with E-state index in [1.54, 1.807) is 11.3 Å².